The Morgan fingerprint density at radius 1 is 1.27 bits per heavy atom. The fraction of sp³-hybridized carbons (Fsp3) is 0.667. The van der Waals surface area contributed by atoms with Crippen molar-refractivity contribution in [2.24, 2.45) is 0 Å². The highest BCUT2D eigenvalue weighted by Gasteiger charge is 2.52. The molecule has 0 aromatic carbocycles. The fourth-order valence-electron chi connectivity index (χ4n) is 4.21. The van der Waals surface area contributed by atoms with Gasteiger partial charge in [0.2, 0.25) is 11.9 Å². The molecule has 0 saturated carbocycles. The summed E-state index contributed by atoms with van der Waals surface area (Å²) in [5.74, 6) is 0.827. The average Bonchev–Trinajstić information content (AvgIpc) is 2.77. The van der Waals surface area contributed by atoms with E-state index in [0.29, 0.717) is 23.7 Å². The van der Waals surface area contributed by atoms with Crippen molar-refractivity contribution in [2.75, 3.05) is 25.1 Å². The molecule has 118 valence electrons. The molecule has 1 aromatic rings. The quantitative estimate of drug-likeness (QED) is 0.784. The van der Waals surface area contributed by atoms with Crippen molar-refractivity contribution in [1.29, 1.82) is 0 Å². The maximum absolute atomic E-state index is 11.7. The summed E-state index contributed by atoms with van der Waals surface area (Å²) < 4.78 is 5.99. The van der Waals surface area contributed by atoms with Crippen LogP contribution in [0.25, 0.3) is 0 Å². The molecule has 4 heterocycles. The standard InChI is InChI=1S/C15H19ClN4O2/c1-19-9-15(22-8-13(19)21)4-11-2-3-12(5-15)20(11)14-17-6-10(16)7-18-14/h6-7,11-12H,2-5,8-9H2,1H3. The van der Waals surface area contributed by atoms with Crippen LogP contribution in [-0.2, 0) is 9.53 Å². The van der Waals surface area contributed by atoms with Gasteiger partial charge in [0.15, 0.2) is 0 Å². The van der Waals surface area contributed by atoms with Gasteiger partial charge in [0.25, 0.3) is 0 Å². The van der Waals surface area contributed by atoms with Crippen LogP contribution in [0.15, 0.2) is 12.4 Å². The summed E-state index contributed by atoms with van der Waals surface area (Å²) in [4.78, 5) is 24.6. The van der Waals surface area contributed by atoms with Gasteiger partial charge in [-0.15, -0.1) is 0 Å². The van der Waals surface area contributed by atoms with Gasteiger partial charge in [-0.05, 0) is 25.7 Å². The second-order valence-electron chi connectivity index (χ2n) is 6.62. The number of nitrogens with zero attached hydrogens (tertiary/aromatic N) is 4. The van der Waals surface area contributed by atoms with Crippen molar-refractivity contribution in [3.05, 3.63) is 17.4 Å². The van der Waals surface area contributed by atoms with E-state index < -0.39 is 0 Å². The highest BCUT2D eigenvalue weighted by atomic mass is 35.5. The number of carbonyl (C=O) groups is 1. The predicted molar refractivity (Wildman–Crippen MR) is 81.9 cm³/mol. The van der Waals surface area contributed by atoms with Crippen LogP contribution in [0.1, 0.15) is 25.7 Å². The third-order valence-electron chi connectivity index (χ3n) is 5.13. The highest BCUT2D eigenvalue weighted by Crippen LogP contribution is 2.45. The molecule has 3 aliphatic heterocycles. The first-order chi connectivity index (χ1) is 10.6. The van der Waals surface area contributed by atoms with E-state index in [0.717, 1.165) is 31.6 Å². The van der Waals surface area contributed by atoms with Gasteiger partial charge in [-0.1, -0.05) is 11.6 Å². The Balaban J connectivity index is 1.57. The first kappa shape index (κ1) is 14.2. The van der Waals surface area contributed by atoms with Crippen LogP contribution in [-0.4, -0.2) is 58.7 Å². The highest BCUT2D eigenvalue weighted by molar-refractivity contribution is 6.30. The van der Waals surface area contributed by atoms with Gasteiger partial charge < -0.3 is 14.5 Å². The molecule has 0 N–H and O–H groups in total. The lowest BCUT2D eigenvalue weighted by Crippen LogP contribution is -2.61. The third kappa shape index (κ3) is 2.25. The molecule has 0 radical (unpaired) electrons. The number of fused-ring (bicyclic) bond motifs is 2. The molecule has 6 nitrogen and oxygen atoms in total. The third-order valence-corrected chi connectivity index (χ3v) is 5.32. The van der Waals surface area contributed by atoms with E-state index in [-0.39, 0.29) is 18.1 Å². The first-order valence-corrected chi connectivity index (χ1v) is 8.08. The summed E-state index contributed by atoms with van der Waals surface area (Å²) in [7, 11) is 1.86. The number of hydrogen-bond donors (Lipinski definition) is 0. The summed E-state index contributed by atoms with van der Waals surface area (Å²) in [6, 6.07) is 0.753. The molecule has 3 fully saturated rings. The second kappa shape index (κ2) is 5.06. The van der Waals surface area contributed by atoms with Gasteiger partial charge in [0.05, 0.1) is 23.0 Å². The van der Waals surface area contributed by atoms with Gasteiger partial charge in [-0.2, -0.15) is 0 Å². The van der Waals surface area contributed by atoms with Crippen molar-refractivity contribution in [2.45, 2.75) is 43.4 Å². The summed E-state index contributed by atoms with van der Waals surface area (Å²) in [5, 5.41) is 0.556. The van der Waals surface area contributed by atoms with E-state index in [1.54, 1.807) is 17.3 Å². The average molecular weight is 323 g/mol. The van der Waals surface area contributed by atoms with E-state index >= 15 is 0 Å². The zero-order valence-corrected chi connectivity index (χ0v) is 13.3. The molecule has 4 rings (SSSR count). The van der Waals surface area contributed by atoms with Gasteiger partial charge in [-0.25, -0.2) is 9.97 Å². The number of anilines is 1. The number of carbonyl (C=O) groups excluding carboxylic acids is 1. The Hall–Kier alpha value is -1.40. The van der Waals surface area contributed by atoms with Crippen LogP contribution in [0.5, 0.6) is 0 Å². The molecular weight excluding hydrogens is 304 g/mol. The van der Waals surface area contributed by atoms with Crippen molar-refractivity contribution in [3.63, 3.8) is 0 Å². The fourth-order valence-corrected chi connectivity index (χ4v) is 4.31. The number of likely N-dealkylation sites (N-methyl/N-ethyl adjacent to an activating group) is 1. The maximum atomic E-state index is 11.7. The molecule has 3 aliphatic rings. The summed E-state index contributed by atoms with van der Waals surface area (Å²) >= 11 is 5.88. The SMILES string of the molecule is CN1CC2(CC3CCC(C2)N3c2ncc(Cl)cn2)OCC1=O. The number of ether oxygens (including phenoxy) is 1. The molecule has 22 heavy (non-hydrogen) atoms. The van der Waals surface area contributed by atoms with Crippen molar-refractivity contribution >= 4 is 23.5 Å². The number of morpholine rings is 1. The zero-order valence-electron chi connectivity index (χ0n) is 12.5. The van der Waals surface area contributed by atoms with Crippen LogP contribution >= 0.6 is 11.6 Å². The Bertz CT molecular complexity index is 580. The number of amides is 1. The largest absolute Gasteiger partial charge is 0.363 e. The minimum absolute atomic E-state index is 0.0708. The number of aromatic nitrogens is 2. The lowest BCUT2D eigenvalue weighted by Gasteiger charge is -2.49. The van der Waals surface area contributed by atoms with Crippen molar-refractivity contribution in [3.8, 4) is 0 Å². The van der Waals surface area contributed by atoms with Crippen molar-refractivity contribution in [1.82, 2.24) is 14.9 Å². The molecule has 1 amide bonds. The summed E-state index contributed by atoms with van der Waals surface area (Å²) in [6.07, 6.45) is 7.40. The van der Waals surface area contributed by atoms with E-state index in [1.165, 1.54) is 0 Å². The minimum Gasteiger partial charge on any atom is -0.363 e. The Kier molecular flexibility index (Phi) is 3.27. The topological polar surface area (TPSA) is 58.6 Å². The monoisotopic (exact) mass is 322 g/mol. The van der Waals surface area contributed by atoms with Gasteiger partial charge >= 0.3 is 0 Å². The molecular formula is C15H19ClN4O2. The number of halogens is 1. The van der Waals surface area contributed by atoms with E-state index in [1.807, 2.05) is 7.05 Å². The minimum atomic E-state index is -0.197. The Morgan fingerprint density at radius 3 is 2.50 bits per heavy atom. The van der Waals surface area contributed by atoms with E-state index in [2.05, 4.69) is 14.9 Å². The molecule has 2 bridgehead atoms. The number of rotatable bonds is 1. The van der Waals surface area contributed by atoms with Crippen molar-refractivity contribution < 1.29 is 9.53 Å². The van der Waals surface area contributed by atoms with Crippen LogP contribution in [0, 0.1) is 0 Å². The molecule has 7 heteroatoms. The lowest BCUT2D eigenvalue weighted by atomic mass is 9.84. The molecule has 1 spiro atoms. The molecule has 3 saturated heterocycles. The zero-order chi connectivity index (χ0) is 15.3. The smallest absolute Gasteiger partial charge is 0.248 e. The second-order valence-corrected chi connectivity index (χ2v) is 7.06. The maximum Gasteiger partial charge on any atom is 0.248 e. The van der Waals surface area contributed by atoms with Crippen LogP contribution in [0.2, 0.25) is 5.02 Å². The van der Waals surface area contributed by atoms with Crippen LogP contribution in [0.4, 0.5) is 5.95 Å². The predicted octanol–water partition coefficient (Wildman–Crippen LogP) is 1.49. The molecule has 0 aliphatic carbocycles. The van der Waals surface area contributed by atoms with E-state index in [4.69, 9.17) is 16.3 Å². The molecule has 2 atom stereocenters. The summed E-state index contributed by atoms with van der Waals surface area (Å²) in [5.41, 5.74) is -0.197. The first-order valence-electron chi connectivity index (χ1n) is 7.70. The molecule has 1 aromatic heterocycles. The number of hydrogen-bond acceptors (Lipinski definition) is 5. The van der Waals surface area contributed by atoms with Gasteiger partial charge in [-0.3, -0.25) is 4.79 Å². The summed E-state index contributed by atoms with van der Waals surface area (Å²) in [6.45, 7) is 0.890. The van der Waals surface area contributed by atoms with Gasteiger partial charge in [0, 0.05) is 25.7 Å². The Labute approximate surface area is 134 Å². The van der Waals surface area contributed by atoms with Crippen LogP contribution in [0.3, 0.4) is 0 Å². The lowest BCUT2D eigenvalue weighted by molar-refractivity contribution is -0.166. The number of piperidine rings is 1. The van der Waals surface area contributed by atoms with Gasteiger partial charge in [0.1, 0.15) is 6.61 Å². The Morgan fingerprint density at radius 2 is 1.91 bits per heavy atom. The van der Waals surface area contributed by atoms with E-state index in [9.17, 15) is 4.79 Å². The van der Waals surface area contributed by atoms with Crippen LogP contribution < -0.4 is 4.90 Å². The normalized spacial score (nSPS) is 34.5. The molecule has 2 unspecified atom stereocenters.